The number of hydrogen-bond acceptors (Lipinski definition) is 6. The number of rotatable bonds is 8. The SMILES string of the molecule is COC(=O)CC(=O)N(c1ccc(C(=O)N(C)C)cc1)c1c(C(=O)O)ncc(Cc2ccc(F)cc2)c1C. The van der Waals surface area contributed by atoms with Gasteiger partial charge in [-0.05, 0) is 66.4 Å². The molecule has 0 aliphatic carbocycles. The van der Waals surface area contributed by atoms with Gasteiger partial charge in [0, 0.05) is 31.5 Å². The molecule has 0 atom stereocenters. The number of carboxylic acid groups (broad SMARTS) is 1. The van der Waals surface area contributed by atoms with Crippen LogP contribution in [0, 0.1) is 12.7 Å². The summed E-state index contributed by atoms with van der Waals surface area (Å²) in [5, 5.41) is 9.90. The second kappa shape index (κ2) is 11.4. The van der Waals surface area contributed by atoms with E-state index in [9.17, 15) is 28.7 Å². The van der Waals surface area contributed by atoms with E-state index in [-0.39, 0.29) is 17.3 Å². The molecule has 10 heteroatoms. The lowest BCUT2D eigenvalue weighted by Crippen LogP contribution is -2.31. The number of anilines is 2. The van der Waals surface area contributed by atoms with Crippen molar-refractivity contribution in [2.75, 3.05) is 26.1 Å². The second-order valence-electron chi connectivity index (χ2n) is 8.44. The fourth-order valence-corrected chi connectivity index (χ4v) is 3.74. The van der Waals surface area contributed by atoms with Crippen LogP contribution in [0.3, 0.4) is 0 Å². The molecule has 37 heavy (non-hydrogen) atoms. The summed E-state index contributed by atoms with van der Waals surface area (Å²) < 4.78 is 18.0. The fraction of sp³-hybridized carbons (Fsp3) is 0.222. The Kier molecular flexibility index (Phi) is 8.33. The first kappa shape index (κ1) is 27.0. The molecule has 2 aromatic carbocycles. The van der Waals surface area contributed by atoms with Crippen LogP contribution < -0.4 is 4.90 Å². The van der Waals surface area contributed by atoms with E-state index in [1.807, 2.05) is 0 Å². The molecule has 0 bridgehead atoms. The highest BCUT2D eigenvalue weighted by atomic mass is 19.1. The average molecular weight is 508 g/mol. The summed E-state index contributed by atoms with van der Waals surface area (Å²) in [6.45, 7) is 1.64. The summed E-state index contributed by atoms with van der Waals surface area (Å²) in [5.74, 6) is -3.58. The van der Waals surface area contributed by atoms with E-state index in [2.05, 4.69) is 9.72 Å². The molecule has 192 valence electrons. The smallest absolute Gasteiger partial charge is 0.356 e. The predicted molar refractivity (Wildman–Crippen MR) is 133 cm³/mol. The molecule has 0 spiro atoms. The zero-order valence-corrected chi connectivity index (χ0v) is 20.8. The predicted octanol–water partition coefficient (Wildman–Crippen LogP) is 3.75. The number of ether oxygens (including phenoxy) is 1. The zero-order chi connectivity index (χ0) is 27.3. The Bertz CT molecular complexity index is 1340. The normalized spacial score (nSPS) is 10.5. The van der Waals surface area contributed by atoms with Crippen LogP contribution in [-0.2, 0) is 20.7 Å². The number of amides is 2. The molecule has 0 fully saturated rings. The maximum atomic E-state index is 13.4. The summed E-state index contributed by atoms with van der Waals surface area (Å²) in [6.07, 6.45) is 1.03. The van der Waals surface area contributed by atoms with Crippen LogP contribution in [-0.4, -0.2) is 59.9 Å². The number of hydrogen-bond donors (Lipinski definition) is 1. The standard InChI is InChI=1S/C27H26FN3O6/c1-16-19(13-17-5-9-20(28)10-6-17)15-29-24(27(35)36)25(16)31(22(32)14-23(33)37-4)21-11-7-18(8-12-21)26(34)30(2)3/h5-12,15H,13-14H2,1-4H3,(H,35,36). The number of carbonyl (C=O) groups is 4. The van der Waals surface area contributed by atoms with E-state index in [4.69, 9.17) is 0 Å². The number of pyridine rings is 1. The first-order chi connectivity index (χ1) is 17.5. The summed E-state index contributed by atoms with van der Waals surface area (Å²) in [4.78, 5) is 56.4. The van der Waals surface area contributed by atoms with E-state index < -0.39 is 35.8 Å². The van der Waals surface area contributed by atoms with Crippen LogP contribution in [0.15, 0.2) is 54.7 Å². The molecule has 9 nitrogen and oxygen atoms in total. The maximum Gasteiger partial charge on any atom is 0.356 e. The van der Waals surface area contributed by atoms with Crippen molar-refractivity contribution in [1.82, 2.24) is 9.88 Å². The number of aromatic carboxylic acids is 1. The highest BCUT2D eigenvalue weighted by Crippen LogP contribution is 2.34. The van der Waals surface area contributed by atoms with Crippen molar-refractivity contribution in [2.24, 2.45) is 0 Å². The molecule has 1 heterocycles. The van der Waals surface area contributed by atoms with Gasteiger partial charge in [0.25, 0.3) is 5.91 Å². The third-order valence-electron chi connectivity index (χ3n) is 5.70. The Morgan fingerprint density at radius 1 is 1.00 bits per heavy atom. The van der Waals surface area contributed by atoms with E-state index >= 15 is 0 Å². The number of nitrogens with zero attached hydrogens (tertiary/aromatic N) is 3. The fourth-order valence-electron chi connectivity index (χ4n) is 3.74. The van der Waals surface area contributed by atoms with E-state index in [0.29, 0.717) is 23.1 Å². The number of carboxylic acids is 1. The van der Waals surface area contributed by atoms with E-state index in [1.54, 1.807) is 33.2 Å². The third kappa shape index (κ3) is 6.16. The lowest BCUT2D eigenvalue weighted by molar-refractivity contribution is -0.143. The minimum atomic E-state index is -1.37. The van der Waals surface area contributed by atoms with Gasteiger partial charge in [-0.25, -0.2) is 14.2 Å². The number of carbonyl (C=O) groups excluding carboxylic acids is 3. The number of benzene rings is 2. The van der Waals surface area contributed by atoms with E-state index in [1.165, 1.54) is 47.5 Å². The van der Waals surface area contributed by atoms with Crippen LogP contribution in [0.1, 0.15) is 44.0 Å². The van der Waals surface area contributed by atoms with E-state index in [0.717, 1.165) is 17.6 Å². The number of aromatic nitrogens is 1. The quantitative estimate of drug-likeness (QED) is 0.365. The van der Waals surface area contributed by atoms with Crippen molar-refractivity contribution in [1.29, 1.82) is 0 Å². The number of methoxy groups -OCH3 is 1. The monoisotopic (exact) mass is 507 g/mol. The molecule has 3 aromatic rings. The van der Waals surface area contributed by atoms with Gasteiger partial charge in [-0.1, -0.05) is 12.1 Å². The molecule has 0 saturated carbocycles. The van der Waals surface area contributed by atoms with Gasteiger partial charge in [0.2, 0.25) is 5.91 Å². The molecule has 0 aliphatic heterocycles. The van der Waals surface area contributed by atoms with Crippen LogP contribution in [0.4, 0.5) is 15.8 Å². The van der Waals surface area contributed by atoms with Gasteiger partial charge in [-0.3, -0.25) is 19.3 Å². The Hall–Kier alpha value is -4.60. The third-order valence-corrected chi connectivity index (χ3v) is 5.70. The van der Waals surface area contributed by atoms with Crippen LogP contribution in [0.5, 0.6) is 0 Å². The minimum Gasteiger partial charge on any atom is -0.476 e. The molecule has 0 unspecified atom stereocenters. The summed E-state index contributed by atoms with van der Waals surface area (Å²) in [5.41, 5.74) is 1.95. The van der Waals surface area contributed by atoms with Crippen molar-refractivity contribution in [2.45, 2.75) is 19.8 Å². The Morgan fingerprint density at radius 3 is 2.16 bits per heavy atom. The molecule has 0 aliphatic rings. The minimum absolute atomic E-state index is 0.0206. The van der Waals surface area contributed by atoms with Gasteiger partial charge in [0.1, 0.15) is 12.2 Å². The van der Waals surface area contributed by atoms with Crippen molar-refractivity contribution in [3.8, 4) is 0 Å². The van der Waals surface area contributed by atoms with Crippen LogP contribution in [0.2, 0.25) is 0 Å². The van der Waals surface area contributed by atoms with Gasteiger partial charge < -0.3 is 14.7 Å². The van der Waals surface area contributed by atoms with Crippen LogP contribution in [0.25, 0.3) is 0 Å². The lowest BCUT2D eigenvalue weighted by atomic mass is 9.99. The van der Waals surface area contributed by atoms with Gasteiger partial charge in [-0.15, -0.1) is 0 Å². The summed E-state index contributed by atoms with van der Waals surface area (Å²) in [6, 6.07) is 11.8. The molecule has 3 rings (SSSR count). The molecular weight excluding hydrogens is 481 g/mol. The first-order valence-corrected chi connectivity index (χ1v) is 11.2. The average Bonchev–Trinajstić information content (AvgIpc) is 2.87. The van der Waals surface area contributed by atoms with Crippen molar-refractivity contribution in [3.63, 3.8) is 0 Å². The molecule has 0 radical (unpaired) electrons. The Balaban J connectivity index is 2.18. The molecule has 1 aromatic heterocycles. The number of esters is 1. The summed E-state index contributed by atoms with van der Waals surface area (Å²) >= 11 is 0. The summed E-state index contributed by atoms with van der Waals surface area (Å²) in [7, 11) is 4.34. The van der Waals surface area contributed by atoms with Gasteiger partial charge in [-0.2, -0.15) is 0 Å². The topological polar surface area (TPSA) is 117 Å². The number of halogens is 1. The highest BCUT2D eigenvalue weighted by molar-refractivity contribution is 6.11. The van der Waals surface area contributed by atoms with Gasteiger partial charge in [0.05, 0.1) is 12.8 Å². The van der Waals surface area contributed by atoms with Crippen molar-refractivity contribution in [3.05, 3.63) is 88.5 Å². The maximum absolute atomic E-state index is 13.4. The first-order valence-electron chi connectivity index (χ1n) is 11.2. The highest BCUT2D eigenvalue weighted by Gasteiger charge is 2.29. The Morgan fingerprint density at radius 2 is 1.62 bits per heavy atom. The van der Waals surface area contributed by atoms with Crippen molar-refractivity contribution >= 4 is 35.1 Å². The molecule has 2 amide bonds. The van der Waals surface area contributed by atoms with Gasteiger partial charge >= 0.3 is 11.9 Å². The second-order valence-corrected chi connectivity index (χ2v) is 8.44. The Labute approximate surface area is 213 Å². The van der Waals surface area contributed by atoms with Gasteiger partial charge in [0.15, 0.2) is 5.69 Å². The largest absolute Gasteiger partial charge is 0.476 e. The molecular formula is C27H26FN3O6. The lowest BCUT2D eigenvalue weighted by Gasteiger charge is -2.27. The molecule has 1 N–H and O–H groups in total. The molecule has 0 saturated heterocycles. The zero-order valence-electron chi connectivity index (χ0n) is 20.8. The van der Waals surface area contributed by atoms with Crippen molar-refractivity contribution < 1.29 is 33.4 Å². The van der Waals surface area contributed by atoms with Crippen LogP contribution >= 0.6 is 0 Å².